The van der Waals surface area contributed by atoms with E-state index in [4.69, 9.17) is 23.5 Å². The molecule has 0 bridgehead atoms. The van der Waals surface area contributed by atoms with Gasteiger partial charge >= 0.3 is 5.97 Å². The number of aromatic nitrogens is 1. The van der Waals surface area contributed by atoms with E-state index in [-0.39, 0.29) is 5.97 Å². The van der Waals surface area contributed by atoms with Crippen LogP contribution >= 0.6 is 24.0 Å². The number of allylic oxidation sites excluding steroid dienone is 1. The van der Waals surface area contributed by atoms with E-state index in [2.05, 4.69) is 12.5 Å². The van der Waals surface area contributed by atoms with Gasteiger partial charge in [0.1, 0.15) is 9.39 Å². The number of pyridine rings is 1. The van der Waals surface area contributed by atoms with E-state index >= 15 is 0 Å². The molecule has 2 rings (SSSR count). The fourth-order valence-corrected chi connectivity index (χ4v) is 3.99. The molecule has 0 aliphatic heterocycles. The first-order chi connectivity index (χ1) is 12.6. The highest BCUT2D eigenvalue weighted by Gasteiger charge is 2.40. The number of terminal acetylenes is 1. The summed E-state index contributed by atoms with van der Waals surface area (Å²) in [5.74, 6) is 2.28. The van der Waals surface area contributed by atoms with Crippen molar-refractivity contribution in [1.82, 2.24) is 4.73 Å². The van der Waals surface area contributed by atoms with Gasteiger partial charge in [-0.1, -0.05) is 42.6 Å². The van der Waals surface area contributed by atoms with Crippen molar-refractivity contribution in [3.63, 3.8) is 0 Å². The van der Waals surface area contributed by atoms with Gasteiger partial charge in [-0.3, -0.25) is 0 Å². The molecule has 0 amide bonds. The lowest BCUT2D eigenvalue weighted by atomic mass is 9.97. The summed E-state index contributed by atoms with van der Waals surface area (Å²) < 4.78 is 0.939. The van der Waals surface area contributed by atoms with Crippen LogP contribution in [-0.4, -0.2) is 15.4 Å². The lowest BCUT2D eigenvalue weighted by Crippen LogP contribution is -2.41. The zero-order chi connectivity index (χ0) is 18.8. The molecule has 1 heterocycles. The fourth-order valence-electron chi connectivity index (χ4n) is 2.51. The van der Waals surface area contributed by atoms with E-state index in [0.29, 0.717) is 23.9 Å². The Morgan fingerprint density at radius 2 is 2.04 bits per heavy atom. The van der Waals surface area contributed by atoms with Crippen LogP contribution in [0.5, 0.6) is 0 Å². The largest absolute Gasteiger partial charge is 0.349 e. The van der Waals surface area contributed by atoms with Crippen LogP contribution < -0.4 is 4.84 Å². The number of benzene rings is 1. The van der Waals surface area contributed by atoms with Crippen molar-refractivity contribution in [3.8, 4) is 12.3 Å². The van der Waals surface area contributed by atoms with Crippen molar-refractivity contribution in [2.24, 2.45) is 0 Å². The first-order valence-corrected chi connectivity index (χ1v) is 9.52. The van der Waals surface area contributed by atoms with E-state index in [0.717, 1.165) is 11.3 Å². The normalized spacial score (nSPS) is 12.6. The lowest BCUT2D eigenvalue weighted by molar-refractivity contribution is -0.147. The molecule has 134 valence electrons. The Morgan fingerprint density at radius 1 is 1.31 bits per heavy atom. The number of rotatable bonds is 9. The molecule has 26 heavy (non-hydrogen) atoms. The van der Waals surface area contributed by atoms with Crippen LogP contribution in [0.3, 0.4) is 0 Å². The maximum Gasteiger partial charge on any atom is 0.349 e. The first-order valence-electron chi connectivity index (χ1n) is 8.30. The molecule has 3 nitrogen and oxygen atoms in total. The molecular weight excluding hydrogens is 362 g/mol. The summed E-state index contributed by atoms with van der Waals surface area (Å²) in [7, 11) is 0. The molecule has 0 saturated carbocycles. The molecule has 0 aliphatic carbocycles. The molecule has 0 saturated heterocycles. The number of unbranched alkanes of at least 4 members (excludes halogenated alkanes) is 1. The molecule has 1 atom stereocenters. The maximum atomic E-state index is 13.2. The van der Waals surface area contributed by atoms with Crippen LogP contribution in [0.15, 0.2) is 72.3 Å². The number of thioether (sulfide) groups is 1. The van der Waals surface area contributed by atoms with E-state index in [1.54, 1.807) is 30.5 Å². The molecule has 2 aromatic rings. The van der Waals surface area contributed by atoms with Crippen LogP contribution in [0.2, 0.25) is 0 Å². The van der Waals surface area contributed by atoms with Crippen LogP contribution in [0.4, 0.5) is 0 Å². The molecule has 1 unspecified atom stereocenters. The molecule has 5 heteroatoms. The van der Waals surface area contributed by atoms with Gasteiger partial charge in [0.2, 0.25) is 0 Å². The van der Waals surface area contributed by atoms with Crippen molar-refractivity contribution >= 4 is 29.9 Å². The van der Waals surface area contributed by atoms with Gasteiger partial charge < -0.3 is 4.84 Å². The van der Waals surface area contributed by atoms with Crippen LogP contribution in [-0.2, 0) is 4.79 Å². The zero-order valence-electron chi connectivity index (χ0n) is 14.5. The number of carbonyl (C=O) groups is 1. The van der Waals surface area contributed by atoms with Gasteiger partial charge in [-0.15, -0.1) is 30.7 Å². The smallest absolute Gasteiger partial charge is 0.334 e. The maximum absolute atomic E-state index is 13.2. The Balaban J connectivity index is 2.34. The highest BCUT2D eigenvalue weighted by Crippen LogP contribution is 2.40. The first kappa shape index (κ1) is 20.0. The Kier molecular flexibility index (Phi) is 7.71. The van der Waals surface area contributed by atoms with Gasteiger partial charge in [-0.2, -0.15) is 4.73 Å². The quantitative estimate of drug-likeness (QED) is 0.199. The van der Waals surface area contributed by atoms with E-state index in [1.165, 1.54) is 16.5 Å². The van der Waals surface area contributed by atoms with Crippen LogP contribution in [0.1, 0.15) is 25.7 Å². The topological polar surface area (TPSA) is 31.2 Å². The number of carbonyl (C=O) groups excluding carboxylic acids is 1. The highest BCUT2D eigenvalue weighted by atomic mass is 32.2. The number of hydrogen-bond acceptors (Lipinski definition) is 4. The summed E-state index contributed by atoms with van der Waals surface area (Å²) in [4.78, 5) is 19.8. The van der Waals surface area contributed by atoms with Gasteiger partial charge in [-0.05, 0) is 43.5 Å². The minimum absolute atomic E-state index is 0.356. The van der Waals surface area contributed by atoms with Crippen molar-refractivity contribution in [3.05, 3.63) is 72.0 Å². The molecule has 1 aromatic carbocycles. The van der Waals surface area contributed by atoms with Crippen molar-refractivity contribution in [2.75, 3.05) is 0 Å². The average Bonchev–Trinajstić information content (AvgIpc) is 2.64. The SMILES string of the molecule is C#CCCCC(CC=C)(Sc1ccccc1)C(=O)On1ccccc1=S. The Hall–Kier alpha value is -2.29. The second kappa shape index (κ2) is 10.0. The summed E-state index contributed by atoms with van der Waals surface area (Å²) >= 11 is 6.71. The van der Waals surface area contributed by atoms with Gasteiger partial charge in [0, 0.05) is 17.5 Å². The lowest BCUT2D eigenvalue weighted by Gasteiger charge is -2.30. The van der Waals surface area contributed by atoms with E-state index in [9.17, 15) is 4.79 Å². The minimum Gasteiger partial charge on any atom is -0.334 e. The third-order valence-electron chi connectivity index (χ3n) is 3.77. The van der Waals surface area contributed by atoms with Crippen molar-refractivity contribution < 1.29 is 9.63 Å². The molecule has 0 fully saturated rings. The molecule has 0 N–H and O–H groups in total. The second-order valence-corrected chi connectivity index (χ2v) is 7.58. The molecule has 0 radical (unpaired) electrons. The third kappa shape index (κ3) is 5.35. The molecule has 1 aromatic heterocycles. The second-order valence-electron chi connectivity index (χ2n) is 5.70. The average molecular weight is 384 g/mol. The summed E-state index contributed by atoms with van der Waals surface area (Å²) in [5.41, 5.74) is 0. The fraction of sp³-hybridized carbons (Fsp3) is 0.238. The Morgan fingerprint density at radius 3 is 2.69 bits per heavy atom. The standard InChI is InChI=1S/C21H21NO2S2/c1-3-5-10-16-21(15-4-2,26-18-12-7-6-8-13-18)20(23)24-22-17-11-9-14-19(22)25/h1,4,6-9,11-14,17H,2,5,10,15-16H2. The van der Waals surface area contributed by atoms with Crippen molar-refractivity contribution in [1.29, 1.82) is 0 Å². The van der Waals surface area contributed by atoms with Gasteiger partial charge in [0.05, 0.1) is 0 Å². The highest BCUT2D eigenvalue weighted by molar-refractivity contribution is 8.01. The summed E-state index contributed by atoms with van der Waals surface area (Å²) in [6.07, 6.45) is 11.2. The summed E-state index contributed by atoms with van der Waals surface area (Å²) in [6.45, 7) is 3.83. The van der Waals surface area contributed by atoms with E-state index < -0.39 is 4.75 Å². The van der Waals surface area contributed by atoms with Crippen molar-refractivity contribution in [2.45, 2.75) is 35.3 Å². The molecule has 0 aliphatic rings. The Labute approximate surface area is 164 Å². The monoisotopic (exact) mass is 383 g/mol. The zero-order valence-corrected chi connectivity index (χ0v) is 16.1. The number of hydrogen-bond donors (Lipinski definition) is 0. The molecular formula is C21H21NO2S2. The minimum atomic E-state index is -0.815. The summed E-state index contributed by atoms with van der Waals surface area (Å²) in [5, 5.41) is 0. The number of nitrogens with zero attached hydrogens (tertiary/aromatic N) is 1. The summed E-state index contributed by atoms with van der Waals surface area (Å²) in [6, 6.07) is 15.1. The van der Waals surface area contributed by atoms with E-state index in [1.807, 2.05) is 30.3 Å². The van der Waals surface area contributed by atoms with Gasteiger partial charge in [0.25, 0.3) is 0 Å². The molecule has 0 spiro atoms. The predicted molar refractivity (Wildman–Crippen MR) is 109 cm³/mol. The Bertz CT molecular complexity index is 839. The third-order valence-corrected chi connectivity index (χ3v) is 5.53. The van der Waals surface area contributed by atoms with Crippen LogP contribution in [0.25, 0.3) is 0 Å². The predicted octanol–water partition coefficient (Wildman–Crippen LogP) is 5.08. The van der Waals surface area contributed by atoms with Gasteiger partial charge in [0.15, 0.2) is 0 Å². The van der Waals surface area contributed by atoms with Gasteiger partial charge in [-0.25, -0.2) is 4.79 Å². The van der Waals surface area contributed by atoms with Crippen LogP contribution in [0, 0.1) is 17.0 Å².